The summed E-state index contributed by atoms with van der Waals surface area (Å²) in [6.07, 6.45) is 17.2. The van der Waals surface area contributed by atoms with Crippen LogP contribution in [0.2, 0.25) is 0 Å². The number of thiophene rings is 1. The highest BCUT2D eigenvalue weighted by molar-refractivity contribution is 7.26. The van der Waals surface area contributed by atoms with Crippen molar-refractivity contribution in [3.63, 3.8) is 0 Å². The molecule has 2 spiro atoms. The third kappa shape index (κ3) is 10.5. The fourth-order valence-electron chi connectivity index (χ4n) is 28.4. The van der Waals surface area contributed by atoms with Gasteiger partial charge in [-0.05, 0) is 323 Å². The first-order valence-electron chi connectivity index (χ1n) is 46.0. The minimum absolute atomic E-state index is 0.215. The molecule has 0 saturated heterocycles. The van der Waals surface area contributed by atoms with Crippen LogP contribution in [0.4, 0.5) is 13.2 Å². The van der Waals surface area contributed by atoms with Crippen molar-refractivity contribution in [2.24, 2.45) is 47.3 Å². The van der Waals surface area contributed by atoms with Gasteiger partial charge in [0.1, 0.15) is 0 Å². The first-order chi connectivity index (χ1) is 61.4. The number of para-hydroxylation sites is 3. The van der Waals surface area contributed by atoms with Gasteiger partial charge in [-0.3, -0.25) is 4.57 Å². The van der Waals surface area contributed by atoms with Crippen LogP contribution in [0.25, 0.3) is 175 Å². The van der Waals surface area contributed by atoms with Crippen LogP contribution in [0.1, 0.15) is 143 Å². The second kappa shape index (κ2) is 27.0. The zero-order valence-electron chi connectivity index (χ0n) is 70.0. The number of allylic oxidation sites excluding steroid dienone is 3. The molecule has 14 aromatic carbocycles. The van der Waals surface area contributed by atoms with Gasteiger partial charge < -0.3 is 9.13 Å². The first-order valence-corrected chi connectivity index (χ1v) is 46.9. The topological polar surface area (TPSA) is 40.6 Å². The number of halogens is 3. The molecule has 125 heavy (non-hydrogen) atoms. The summed E-state index contributed by atoms with van der Waals surface area (Å²) in [5.74, 6) is 6.81. The summed E-state index contributed by atoms with van der Waals surface area (Å²) in [6, 6.07) is 104. The van der Waals surface area contributed by atoms with E-state index in [9.17, 15) is 13.2 Å². The lowest BCUT2D eigenvalue weighted by Gasteiger charge is -2.61. The van der Waals surface area contributed by atoms with Crippen molar-refractivity contribution in [2.45, 2.75) is 126 Å². The smallest absolute Gasteiger partial charge is 0.309 e. The number of alkyl halides is 3. The number of fused-ring (bicyclic) bond motifs is 19. The summed E-state index contributed by atoms with van der Waals surface area (Å²) in [5.41, 5.74) is 28.3. The van der Waals surface area contributed by atoms with Crippen LogP contribution in [0.3, 0.4) is 0 Å². The van der Waals surface area contributed by atoms with Crippen LogP contribution >= 0.6 is 11.3 Å². The van der Waals surface area contributed by atoms with E-state index >= 15 is 0 Å². The lowest BCUT2D eigenvalue weighted by Crippen LogP contribution is -2.55. The molecular formula is C116H92F3N5S. The maximum Gasteiger partial charge on any atom is 0.416 e. The van der Waals surface area contributed by atoms with Gasteiger partial charge >= 0.3 is 6.18 Å². The number of benzene rings is 14. The molecule has 9 saturated carbocycles. The average Bonchev–Trinajstić information content (AvgIpc) is 1.55. The van der Waals surface area contributed by atoms with Crippen LogP contribution in [0, 0.1) is 47.3 Å². The van der Waals surface area contributed by atoms with Crippen molar-refractivity contribution in [3.8, 4) is 62.0 Å². The quantitative estimate of drug-likeness (QED) is 0.152. The molecule has 5 nitrogen and oxygen atoms in total. The molecule has 0 N–H and O–H groups in total. The molecule has 9 heteroatoms. The Kier molecular flexibility index (Phi) is 15.8. The van der Waals surface area contributed by atoms with E-state index in [1.54, 1.807) is 28.5 Å². The van der Waals surface area contributed by atoms with Gasteiger partial charge in [0.2, 0.25) is 5.95 Å². The summed E-state index contributed by atoms with van der Waals surface area (Å²) in [7, 11) is 0. The van der Waals surface area contributed by atoms with E-state index in [2.05, 4.69) is 300 Å². The number of nitrogens with zero attached hydrogens (tertiary/aromatic N) is 5. The van der Waals surface area contributed by atoms with Crippen molar-refractivity contribution in [3.05, 3.63) is 337 Å². The number of hydrogen-bond donors (Lipinski definition) is 0. The molecule has 0 unspecified atom stereocenters. The molecule has 5 heterocycles. The minimum atomic E-state index is -4.40. The van der Waals surface area contributed by atoms with Crippen molar-refractivity contribution < 1.29 is 13.2 Å². The number of rotatable bonds is 8. The Bertz CT molecular complexity index is 7810. The van der Waals surface area contributed by atoms with Gasteiger partial charge in [-0.2, -0.15) is 13.2 Å². The summed E-state index contributed by atoms with van der Waals surface area (Å²) in [5, 5.41) is 13.2. The highest BCUT2D eigenvalue weighted by atomic mass is 32.1. The van der Waals surface area contributed by atoms with Gasteiger partial charge in [-0.1, -0.05) is 226 Å². The Balaban J connectivity index is 0.000000131. The molecule has 608 valence electrons. The molecule has 0 atom stereocenters. The van der Waals surface area contributed by atoms with Crippen LogP contribution in [-0.4, -0.2) is 23.7 Å². The van der Waals surface area contributed by atoms with E-state index < -0.39 is 11.7 Å². The summed E-state index contributed by atoms with van der Waals surface area (Å²) in [6.45, 7) is 6.89. The molecule has 9 fully saturated rings. The SMILES string of the molecule is C=CC1=C(C)C2(c3ccc(-c4ccc5c(c4)c4ccccc4n5-c4cc(C5CCCCC5)cc(-n5c6ccccc6c6ccccc65)c4)cc31)C1CC3CC(C1)CC2C3.FC(F)(F)c1ccc2c(c1)C1(c3ccc(-c4ccc5c(c4)c4c6ccccc6ccc4n5-c4nc(-c5cccc6ccccc56)c5sc6ccccc6c5n4)cc3-2)C2CC3CC(C2)CC1C3. The van der Waals surface area contributed by atoms with Gasteiger partial charge in [-0.25, -0.2) is 9.97 Å². The summed E-state index contributed by atoms with van der Waals surface area (Å²) >= 11 is 1.74. The van der Waals surface area contributed by atoms with Gasteiger partial charge in [0.15, 0.2) is 0 Å². The molecular weight excluding hydrogens is 1550 g/mol. The van der Waals surface area contributed by atoms with E-state index in [4.69, 9.17) is 9.97 Å². The van der Waals surface area contributed by atoms with E-state index in [0.29, 0.717) is 35.5 Å². The fraction of sp³-hybridized carbons (Fsp3) is 0.241. The van der Waals surface area contributed by atoms with Crippen molar-refractivity contribution in [2.75, 3.05) is 0 Å². The maximum absolute atomic E-state index is 14.5. The number of hydrogen-bond acceptors (Lipinski definition) is 3. The lowest BCUT2D eigenvalue weighted by molar-refractivity contribution is -0.137. The van der Waals surface area contributed by atoms with Crippen LogP contribution in [0.5, 0.6) is 0 Å². The monoisotopic (exact) mass is 1640 g/mol. The molecule has 30 rings (SSSR count). The Morgan fingerprint density at radius 2 is 0.880 bits per heavy atom. The predicted octanol–water partition coefficient (Wildman–Crippen LogP) is 31.6. The normalized spacial score (nSPS) is 23.4. The lowest BCUT2D eigenvalue weighted by atomic mass is 9.43. The first kappa shape index (κ1) is 73.0. The van der Waals surface area contributed by atoms with Crippen LogP contribution in [-0.2, 0) is 17.0 Å². The molecule has 0 aliphatic heterocycles. The second-order valence-corrected chi connectivity index (χ2v) is 39.9. The fourth-order valence-corrected chi connectivity index (χ4v) is 29.5. The van der Waals surface area contributed by atoms with Crippen LogP contribution < -0.4 is 0 Å². The largest absolute Gasteiger partial charge is 0.416 e. The van der Waals surface area contributed by atoms with Crippen molar-refractivity contribution in [1.82, 2.24) is 23.7 Å². The average molecular weight is 1650 g/mol. The van der Waals surface area contributed by atoms with Crippen LogP contribution in [0.15, 0.2) is 303 Å². The Hall–Kier alpha value is -12.4. The van der Waals surface area contributed by atoms with Crippen molar-refractivity contribution in [1.29, 1.82) is 0 Å². The minimum Gasteiger partial charge on any atom is -0.309 e. The van der Waals surface area contributed by atoms with Gasteiger partial charge in [-0.15, -0.1) is 11.3 Å². The number of aromatic nitrogens is 5. The van der Waals surface area contributed by atoms with Gasteiger partial charge in [0, 0.05) is 70.2 Å². The molecule has 11 aliphatic rings. The standard InChI is InChI=1S/C59H40F3N3S.C57H52N2/c60-59(61,62)38-19-20-43-46-29-36(16-21-48(46)58(49(43)31-38)39-25-32-24-33(27-39)28-40(58)26-32)37-18-22-50-47(30-37)53-42-12-4-2-9-35(42)17-23-51(53)65(50)57-63-54(44-14-7-10-34-8-1-3-11-41(34)44)56-55(64-57)45-13-5-6-15-52(45)66-56;1-3-46-35(2)57(42-26-36-25-37(28-42)29-43(57)27-36)52-23-21-39(32-50(46)52)40-22-24-56-51(33-40)49-17-9-12-20-55(49)59(56)45-31-41(38-13-5-4-6-14-38)30-44(34-45)58-53-18-10-7-15-47(53)48-16-8-11-19-54(48)58/h1-23,29-33,39-40H,24-28H2;3,7-12,15-24,30-34,36-38,42-43H,1,4-6,13-14,25-29H2,2H3. The maximum atomic E-state index is 14.5. The van der Waals surface area contributed by atoms with E-state index in [1.807, 2.05) is 0 Å². The van der Waals surface area contributed by atoms with E-state index in [-0.39, 0.29) is 10.8 Å². The Labute approximate surface area is 728 Å². The third-order valence-electron chi connectivity index (χ3n) is 32.9. The third-order valence-corrected chi connectivity index (χ3v) is 34.1. The zero-order chi connectivity index (χ0) is 82.6. The van der Waals surface area contributed by atoms with Gasteiger partial charge in [0.25, 0.3) is 0 Å². The summed E-state index contributed by atoms with van der Waals surface area (Å²) < 4.78 is 53.0. The molecule has 5 aromatic heterocycles. The Morgan fingerprint density at radius 1 is 0.384 bits per heavy atom. The molecule has 11 aliphatic carbocycles. The van der Waals surface area contributed by atoms with E-state index in [1.165, 1.54) is 176 Å². The highest BCUT2D eigenvalue weighted by Crippen LogP contribution is 2.72. The molecule has 0 radical (unpaired) electrons. The Morgan fingerprint density at radius 3 is 1.50 bits per heavy atom. The molecule has 0 amide bonds. The zero-order valence-corrected chi connectivity index (χ0v) is 70.8. The molecule has 19 aromatic rings. The van der Waals surface area contributed by atoms with Crippen molar-refractivity contribution >= 4 is 124 Å². The highest BCUT2D eigenvalue weighted by Gasteiger charge is 2.63. The summed E-state index contributed by atoms with van der Waals surface area (Å²) in [4.78, 5) is 11.0. The van der Waals surface area contributed by atoms with E-state index in [0.717, 1.165) is 147 Å². The predicted molar refractivity (Wildman–Crippen MR) is 511 cm³/mol. The molecule has 8 bridgehead atoms. The second-order valence-electron chi connectivity index (χ2n) is 38.9. The van der Waals surface area contributed by atoms with Gasteiger partial charge in [0.05, 0.1) is 54.6 Å².